The number of carbonyl (C=O) groups excluding carboxylic acids is 1. The Kier molecular flexibility index (Phi) is 6.29. The molecule has 2 atom stereocenters. The lowest BCUT2D eigenvalue weighted by Gasteiger charge is -2.19. The molecule has 1 saturated heterocycles. The van der Waals surface area contributed by atoms with E-state index in [0.717, 1.165) is 43.8 Å². The van der Waals surface area contributed by atoms with Crippen LogP contribution in [0.5, 0.6) is 0 Å². The summed E-state index contributed by atoms with van der Waals surface area (Å²) in [4.78, 5) is 24.8. The van der Waals surface area contributed by atoms with Crippen LogP contribution < -0.4 is 5.32 Å². The Hall–Kier alpha value is -2.78. The lowest BCUT2D eigenvalue weighted by molar-refractivity contribution is -0.384. The van der Waals surface area contributed by atoms with E-state index in [4.69, 9.17) is 0 Å². The molecule has 0 bridgehead atoms. The van der Waals surface area contributed by atoms with E-state index in [1.54, 1.807) is 0 Å². The molecule has 154 valence electrons. The van der Waals surface area contributed by atoms with Crippen molar-refractivity contribution < 1.29 is 18.1 Å². The fraction of sp³-hybridized carbons (Fsp3) is 0.350. The molecule has 1 aliphatic rings. The summed E-state index contributed by atoms with van der Waals surface area (Å²) in [7, 11) is -3.93. The van der Waals surface area contributed by atoms with E-state index in [1.165, 1.54) is 12.5 Å². The minimum absolute atomic E-state index is 0.108. The number of nitro groups is 1. The van der Waals surface area contributed by atoms with E-state index < -0.39 is 25.9 Å². The number of rotatable bonds is 7. The van der Waals surface area contributed by atoms with E-state index in [1.807, 2.05) is 30.3 Å². The number of non-ortho nitro benzene ring substituents is 1. The Labute approximate surface area is 169 Å². The maximum absolute atomic E-state index is 12.7. The molecular formula is C20H23N3O5S. The Balaban J connectivity index is 1.59. The second kappa shape index (κ2) is 8.71. The Bertz CT molecular complexity index is 977. The van der Waals surface area contributed by atoms with Crippen LogP contribution in [-0.2, 0) is 21.2 Å². The normalized spacial score (nSPS) is 18.3. The zero-order chi connectivity index (χ0) is 21.0. The molecule has 2 aromatic carbocycles. The Morgan fingerprint density at radius 3 is 2.48 bits per heavy atom. The summed E-state index contributed by atoms with van der Waals surface area (Å²) in [5.74, 6) is -0.560. The highest BCUT2D eigenvalue weighted by Gasteiger charge is 2.33. The summed E-state index contributed by atoms with van der Waals surface area (Å²) in [5, 5.41) is 12.3. The standard InChI is InChI=1S/C20H23N3O5S/c1-15(29(27,28)19-9-7-18(8-10-19)23(25)26)20(24)21-17-11-12-22(14-17)13-16-5-3-2-4-6-16/h2-10,15,17H,11-14H2,1H3,(H,21,24)/t15-,17-/m1/s1. The number of likely N-dealkylation sites (tertiary alicyclic amines) is 1. The van der Waals surface area contributed by atoms with Crippen molar-refractivity contribution >= 4 is 21.4 Å². The number of hydrogen-bond acceptors (Lipinski definition) is 6. The smallest absolute Gasteiger partial charge is 0.269 e. The van der Waals surface area contributed by atoms with Gasteiger partial charge < -0.3 is 5.32 Å². The van der Waals surface area contributed by atoms with Crippen LogP contribution in [0, 0.1) is 10.1 Å². The molecule has 1 fully saturated rings. The van der Waals surface area contributed by atoms with E-state index >= 15 is 0 Å². The molecule has 1 N–H and O–H groups in total. The van der Waals surface area contributed by atoms with Gasteiger partial charge in [0.1, 0.15) is 5.25 Å². The molecule has 3 rings (SSSR count). The summed E-state index contributed by atoms with van der Waals surface area (Å²) < 4.78 is 25.4. The third-order valence-electron chi connectivity index (χ3n) is 5.08. The SMILES string of the molecule is C[C@H](C(=O)N[C@@H]1CCN(Cc2ccccc2)C1)S(=O)(=O)c1ccc([N+](=O)[O-])cc1. The Morgan fingerprint density at radius 1 is 1.21 bits per heavy atom. The number of benzene rings is 2. The van der Waals surface area contributed by atoms with Crippen molar-refractivity contribution in [3.05, 3.63) is 70.3 Å². The van der Waals surface area contributed by atoms with Gasteiger partial charge in [-0.2, -0.15) is 0 Å². The highest BCUT2D eigenvalue weighted by atomic mass is 32.2. The number of hydrogen-bond donors (Lipinski definition) is 1. The number of amides is 1. The highest BCUT2D eigenvalue weighted by Crippen LogP contribution is 2.21. The van der Waals surface area contributed by atoms with Crippen LogP contribution in [0.1, 0.15) is 18.9 Å². The van der Waals surface area contributed by atoms with Crippen LogP contribution >= 0.6 is 0 Å². The van der Waals surface area contributed by atoms with E-state index in [0.29, 0.717) is 6.54 Å². The lowest BCUT2D eigenvalue weighted by Crippen LogP contribution is -2.44. The largest absolute Gasteiger partial charge is 0.351 e. The van der Waals surface area contributed by atoms with Crippen molar-refractivity contribution in [2.45, 2.75) is 36.1 Å². The molecule has 1 aliphatic heterocycles. The quantitative estimate of drug-likeness (QED) is 0.546. The minimum Gasteiger partial charge on any atom is -0.351 e. The molecule has 0 spiro atoms. The van der Waals surface area contributed by atoms with Gasteiger partial charge in [0.2, 0.25) is 5.91 Å². The fourth-order valence-electron chi connectivity index (χ4n) is 3.36. The third-order valence-corrected chi connectivity index (χ3v) is 7.15. The molecular weight excluding hydrogens is 394 g/mol. The van der Waals surface area contributed by atoms with Crippen molar-refractivity contribution in [2.75, 3.05) is 13.1 Å². The predicted octanol–water partition coefficient (Wildman–Crippen LogP) is 2.15. The number of sulfone groups is 1. The summed E-state index contributed by atoms with van der Waals surface area (Å²) in [6, 6.07) is 14.5. The first-order valence-corrected chi connectivity index (χ1v) is 10.9. The van der Waals surface area contributed by atoms with Crippen LogP contribution in [0.15, 0.2) is 59.5 Å². The van der Waals surface area contributed by atoms with Crippen molar-refractivity contribution in [2.24, 2.45) is 0 Å². The van der Waals surface area contributed by atoms with Gasteiger partial charge in [0.25, 0.3) is 5.69 Å². The topological polar surface area (TPSA) is 110 Å². The van der Waals surface area contributed by atoms with Crippen LogP contribution in [0.2, 0.25) is 0 Å². The van der Waals surface area contributed by atoms with Gasteiger partial charge >= 0.3 is 0 Å². The van der Waals surface area contributed by atoms with E-state index in [9.17, 15) is 23.3 Å². The molecule has 8 nitrogen and oxygen atoms in total. The van der Waals surface area contributed by atoms with Crippen molar-refractivity contribution in [3.63, 3.8) is 0 Å². The maximum Gasteiger partial charge on any atom is 0.269 e. The van der Waals surface area contributed by atoms with Gasteiger partial charge in [-0.1, -0.05) is 30.3 Å². The number of nitro benzene ring substituents is 1. The van der Waals surface area contributed by atoms with Crippen molar-refractivity contribution in [1.29, 1.82) is 0 Å². The minimum atomic E-state index is -3.93. The molecule has 9 heteroatoms. The molecule has 1 heterocycles. The summed E-state index contributed by atoms with van der Waals surface area (Å²) in [6.45, 7) is 3.60. The molecule has 2 aromatic rings. The first-order valence-electron chi connectivity index (χ1n) is 9.32. The maximum atomic E-state index is 12.7. The lowest BCUT2D eigenvalue weighted by atomic mass is 10.2. The van der Waals surface area contributed by atoms with Gasteiger partial charge in [0.05, 0.1) is 9.82 Å². The highest BCUT2D eigenvalue weighted by molar-refractivity contribution is 7.92. The molecule has 1 amide bonds. The van der Waals surface area contributed by atoms with Crippen LogP contribution in [0.3, 0.4) is 0 Å². The van der Waals surface area contributed by atoms with Gasteiger partial charge in [-0.3, -0.25) is 19.8 Å². The second-order valence-electron chi connectivity index (χ2n) is 7.15. The average Bonchev–Trinajstić information content (AvgIpc) is 3.14. The van der Waals surface area contributed by atoms with E-state index in [-0.39, 0.29) is 16.6 Å². The monoisotopic (exact) mass is 417 g/mol. The molecule has 0 aliphatic carbocycles. The number of nitrogens with one attached hydrogen (secondary N) is 1. The van der Waals surface area contributed by atoms with Crippen molar-refractivity contribution in [3.8, 4) is 0 Å². The average molecular weight is 417 g/mol. The molecule has 0 radical (unpaired) electrons. The van der Waals surface area contributed by atoms with Crippen molar-refractivity contribution in [1.82, 2.24) is 10.2 Å². The summed E-state index contributed by atoms with van der Waals surface area (Å²) in [6.07, 6.45) is 0.753. The van der Waals surface area contributed by atoms with Crippen LogP contribution in [0.4, 0.5) is 5.69 Å². The summed E-state index contributed by atoms with van der Waals surface area (Å²) in [5.41, 5.74) is 0.985. The predicted molar refractivity (Wildman–Crippen MR) is 108 cm³/mol. The van der Waals surface area contributed by atoms with Gasteiger partial charge in [-0.05, 0) is 31.0 Å². The number of nitrogens with zero attached hydrogens (tertiary/aromatic N) is 2. The zero-order valence-corrected chi connectivity index (χ0v) is 16.8. The van der Waals surface area contributed by atoms with Gasteiger partial charge in [-0.15, -0.1) is 0 Å². The Morgan fingerprint density at radius 2 is 1.86 bits per heavy atom. The number of carbonyl (C=O) groups is 1. The van der Waals surface area contributed by atoms with Crippen LogP contribution in [0.25, 0.3) is 0 Å². The second-order valence-corrected chi connectivity index (χ2v) is 9.42. The van der Waals surface area contributed by atoms with Gasteiger partial charge in [-0.25, -0.2) is 8.42 Å². The van der Waals surface area contributed by atoms with Crippen LogP contribution in [-0.4, -0.2) is 48.5 Å². The molecule has 0 unspecified atom stereocenters. The third kappa shape index (κ3) is 4.99. The van der Waals surface area contributed by atoms with E-state index in [2.05, 4.69) is 10.2 Å². The van der Waals surface area contributed by atoms with Gasteiger partial charge in [0.15, 0.2) is 9.84 Å². The fourth-order valence-corrected chi connectivity index (χ4v) is 4.63. The molecule has 29 heavy (non-hydrogen) atoms. The molecule has 0 aromatic heterocycles. The van der Waals surface area contributed by atoms with Gasteiger partial charge in [0, 0.05) is 37.8 Å². The zero-order valence-electron chi connectivity index (χ0n) is 16.0. The first kappa shape index (κ1) is 20.9. The molecule has 0 saturated carbocycles. The first-order chi connectivity index (χ1) is 13.8. The summed E-state index contributed by atoms with van der Waals surface area (Å²) >= 11 is 0.